The van der Waals surface area contributed by atoms with Crippen molar-refractivity contribution in [3.8, 4) is 0 Å². The van der Waals surface area contributed by atoms with Gasteiger partial charge in [-0.1, -0.05) is 120 Å². The van der Waals surface area contributed by atoms with E-state index in [0.717, 1.165) is 42.7 Å². The number of nitrogens with zero attached hydrogens (tertiary/aromatic N) is 2. The van der Waals surface area contributed by atoms with Gasteiger partial charge in [0.1, 0.15) is 11.0 Å². The van der Waals surface area contributed by atoms with Gasteiger partial charge in [-0.05, 0) is 54.7 Å². The fourth-order valence-corrected chi connectivity index (χ4v) is 8.69. The number of aliphatic hydroxyl groups excluding tert-OH is 1. The molecule has 5 aromatic rings. The maximum atomic E-state index is 13.5. The molecule has 1 amide bonds. The lowest BCUT2D eigenvalue weighted by atomic mass is 10.0. The highest BCUT2D eigenvalue weighted by molar-refractivity contribution is 8.01. The summed E-state index contributed by atoms with van der Waals surface area (Å²) in [5.41, 5.74) is 5.27. The highest BCUT2D eigenvalue weighted by Crippen LogP contribution is 2.39. The number of benzene rings is 4. The molecule has 3 N–H and O–H groups in total. The maximum absolute atomic E-state index is 13.5. The second-order valence-electron chi connectivity index (χ2n) is 12.4. The largest absolute Gasteiger partial charge is 0.392 e. The third-order valence-electron chi connectivity index (χ3n) is 8.46. The van der Waals surface area contributed by atoms with E-state index in [0.29, 0.717) is 12.2 Å². The molecule has 6 rings (SSSR count). The molecular weight excluding hydrogens is 705 g/mol. The van der Waals surface area contributed by atoms with Crippen molar-refractivity contribution in [1.82, 2.24) is 20.2 Å². The minimum atomic E-state index is -3.95. The Hall–Kier alpha value is -3.95. The molecule has 1 aromatic heterocycles. The molecule has 0 spiro atoms. The summed E-state index contributed by atoms with van der Waals surface area (Å²) < 4.78 is 43.0. The highest BCUT2D eigenvalue weighted by atomic mass is 32.2. The summed E-state index contributed by atoms with van der Waals surface area (Å²) in [4.78, 5) is 13.6. The van der Waals surface area contributed by atoms with Crippen LogP contribution in [0.15, 0.2) is 112 Å². The first-order valence-corrected chi connectivity index (χ1v) is 19.9. The van der Waals surface area contributed by atoms with Crippen LogP contribution < -0.4 is 10.0 Å². The number of carbonyl (C=O) groups is 1. The molecule has 4 aromatic carbocycles. The summed E-state index contributed by atoms with van der Waals surface area (Å²) in [6.07, 6.45) is -0.123. The van der Waals surface area contributed by atoms with Gasteiger partial charge in [0.15, 0.2) is 10.6 Å². The second kappa shape index (κ2) is 17.0. The van der Waals surface area contributed by atoms with Gasteiger partial charge in [-0.15, -0.1) is 10.2 Å². The molecule has 0 bridgehead atoms. The number of sulfonamides is 1. The summed E-state index contributed by atoms with van der Waals surface area (Å²) in [6.45, 7) is 3.99. The predicted molar refractivity (Wildman–Crippen MR) is 198 cm³/mol. The van der Waals surface area contributed by atoms with E-state index in [4.69, 9.17) is 9.47 Å². The van der Waals surface area contributed by atoms with Crippen LogP contribution in [0.2, 0.25) is 0 Å². The molecular formula is C38H40N4O6S3. The number of hydrogen-bond donors (Lipinski definition) is 3. The van der Waals surface area contributed by atoms with Crippen LogP contribution in [0.4, 0.5) is 0 Å². The lowest BCUT2D eigenvalue weighted by molar-refractivity contribution is -0.245. The number of aryl methyl sites for hydroxylation is 2. The summed E-state index contributed by atoms with van der Waals surface area (Å²) in [7, 11) is -3.95. The average Bonchev–Trinajstić information content (AvgIpc) is 3.58. The van der Waals surface area contributed by atoms with E-state index < -0.39 is 28.3 Å². The standard InChI is InChI=1S/C38H40N4O6S3/c1-25-8-18-33(19-9-25)51(45,46)42-34(20-27-6-4-3-5-7-27)36(44)39-22-28-10-16-31(17-11-28)37-47-32(24-49-38-41-40-26(2)50-38)21-35(48-37)30-14-12-29(23-43)13-15-30/h3-19,32,34-35,37,42-43H,20-24H2,1-2H3,(H,39,44). The number of amides is 1. The molecule has 1 saturated heterocycles. The maximum Gasteiger partial charge on any atom is 0.241 e. The molecule has 266 valence electrons. The van der Waals surface area contributed by atoms with Crippen molar-refractivity contribution < 1.29 is 27.8 Å². The molecule has 0 aliphatic carbocycles. The Morgan fingerprint density at radius 3 is 2.24 bits per heavy atom. The molecule has 0 radical (unpaired) electrons. The Morgan fingerprint density at radius 1 is 0.882 bits per heavy atom. The highest BCUT2D eigenvalue weighted by Gasteiger charge is 2.33. The van der Waals surface area contributed by atoms with E-state index in [1.54, 1.807) is 35.2 Å². The number of thioether (sulfide) groups is 1. The molecule has 51 heavy (non-hydrogen) atoms. The third-order valence-corrected chi connectivity index (χ3v) is 12.1. The van der Waals surface area contributed by atoms with Crippen LogP contribution in [-0.4, -0.2) is 47.5 Å². The van der Waals surface area contributed by atoms with E-state index >= 15 is 0 Å². The van der Waals surface area contributed by atoms with E-state index in [1.807, 2.05) is 92.7 Å². The van der Waals surface area contributed by atoms with Crippen LogP contribution >= 0.6 is 23.1 Å². The van der Waals surface area contributed by atoms with Crippen molar-refractivity contribution >= 4 is 39.0 Å². The number of aliphatic hydroxyl groups is 1. The summed E-state index contributed by atoms with van der Waals surface area (Å²) in [5, 5.41) is 21.7. The zero-order valence-electron chi connectivity index (χ0n) is 28.3. The van der Waals surface area contributed by atoms with Crippen LogP contribution in [0, 0.1) is 13.8 Å². The van der Waals surface area contributed by atoms with Gasteiger partial charge < -0.3 is 19.9 Å². The lowest BCUT2D eigenvalue weighted by Gasteiger charge is -2.36. The molecule has 1 aliphatic rings. The predicted octanol–water partition coefficient (Wildman–Crippen LogP) is 6.19. The number of hydrogen-bond acceptors (Lipinski definition) is 10. The summed E-state index contributed by atoms with van der Waals surface area (Å²) in [5.74, 6) is 0.250. The van der Waals surface area contributed by atoms with Gasteiger partial charge >= 0.3 is 0 Å². The smallest absolute Gasteiger partial charge is 0.241 e. The molecule has 2 heterocycles. The van der Waals surface area contributed by atoms with Crippen molar-refractivity contribution in [2.75, 3.05) is 5.75 Å². The number of carbonyl (C=O) groups excluding carboxylic acids is 1. The van der Waals surface area contributed by atoms with Gasteiger partial charge in [0.25, 0.3) is 0 Å². The van der Waals surface area contributed by atoms with Crippen LogP contribution in [0.3, 0.4) is 0 Å². The summed E-state index contributed by atoms with van der Waals surface area (Å²) in [6, 6.07) is 30.2. The third kappa shape index (κ3) is 10.1. The van der Waals surface area contributed by atoms with Gasteiger partial charge in [-0.25, -0.2) is 8.42 Å². The monoisotopic (exact) mass is 744 g/mol. The average molecular weight is 745 g/mol. The van der Waals surface area contributed by atoms with Crippen molar-refractivity contribution in [2.45, 2.75) is 73.6 Å². The molecule has 10 nitrogen and oxygen atoms in total. The Morgan fingerprint density at radius 2 is 1.57 bits per heavy atom. The molecule has 4 atom stereocenters. The SMILES string of the molecule is Cc1ccc(S(=O)(=O)NC(Cc2ccccc2)C(=O)NCc2ccc(C3OC(CSc4nnc(C)s4)CC(c4ccc(CO)cc4)O3)cc2)cc1. The van der Waals surface area contributed by atoms with Gasteiger partial charge in [0.2, 0.25) is 15.9 Å². The van der Waals surface area contributed by atoms with Crippen molar-refractivity contribution in [3.63, 3.8) is 0 Å². The van der Waals surface area contributed by atoms with E-state index in [1.165, 1.54) is 12.1 Å². The van der Waals surface area contributed by atoms with Gasteiger partial charge in [-0.2, -0.15) is 4.72 Å². The van der Waals surface area contributed by atoms with E-state index in [-0.39, 0.29) is 36.7 Å². The Balaban J connectivity index is 1.13. The fourth-order valence-electron chi connectivity index (χ4n) is 5.64. The van der Waals surface area contributed by atoms with Gasteiger partial charge in [0, 0.05) is 24.3 Å². The molecule has 1 fully saturated rings. The zero-order chi connectivity index (χ0) is 35.8. The van der Waals surface area contributed by atoms with Gasteiger partial charge in [-0.3, -0.25) is 4.79 Å². The molecule has 1 aliphatic heterocycles. The van der Waals surface area contributed by atoms with Crippen molar-refractivity contribution in [2.24, 2.45) is 0 Å². The van der Waals surface area contributed by atoms with Crippen molar-refractivity contribution in [1.29, 1.82) is 0 Å². The minimum absolute atomic E-state index is 0.0262. The quantitative estimate of drug-likeness (QED) is 0.114. The Kier molecular flexibility index (Phi) is 12.3. The fraction of sp³-hybridized carbons (Fsp3) is 0.289. The Labute approximate surface area is 306 Å². The Bertz CT molecular complexity index is 1990. The number of aromatic nitrogens is 2. The topological polar surface area (TPSA) is 140 Å². The molecule has 0 saturated carbocycles. The zero-order valence-corrected chi connectivity index (χ0v) is 30.7. The number of ether oxygens (including phenoxy) is 2. The molecule has 13 heteroatoms. The first kappa shape index (κ1) is 36.8. The lowest BCUT2D eigenvalue weighted by Crippen LogP contribution is -2.47. The van der Waals surface area contributed by atoms with E-state index in [9.17, 15) is 18.3 Å². The van der Waals surface area contributed by atoms with Crippen LogP contribution in [0.1, 0.15) is 57.2 Å². The molecule has 4 unspecified atom stereocenters. The van der Waals surface area contributed by atoms with Crippen molar-refractivity contribution in [3.05, 3.63) is 142 Å². The minimum Gasteiger partial charge on any atom is -0.392 e. The first-order valence-electron chi connectivity index (χ1n) is 16.6. The van der Waals surface area contributed by atoms with Crippen LogP contribution in [-0.2, 0) is 43.9 Å². The number of rotatable bonds is 14. The second-order valence-corrected chi connectivity index (χ2v) is 16.5. The van der Waals surface area contributed by atoms with Gasteiger partial charge in [0.05, 0.1) is 23.7 Å². The first-order chi connectivity index (χ1) is 24.6. The summed E-state index contributed by atoms with van der Waals surface area (Å²) >= 11 is 3.17. The normalized spacial score (nSPS) is 18.3. The van der Waals surface area contributed by atoms with E-state index in [2.05, 4.69) is 20.2 Å². The number of nitrogens with one attached hydrogen (secondary N) is 2. The van der Waals surface area contributed by atoms with Crippen LogP contribution in [0.5, 0.6) is 0 Å². The van der Waals surface area contributed by atoms with Crippen LogP contribution in [0.25, 0.3) is 0 Å².